The van der Waals surface area contributed by atoms with Gasteiger partial charge in [-0.05, 0) is 57.1 Å². The largest absolute Gasteiger partial charge is 0.487 e. The molecule has 1 aromatic carbocycles. The number of carbonyl (C=O) groups excluding carboxylic acids is 1. The molecule has 1 unspecified atom stereocenters. The van der Waals surface area contributed by atoms with E-state index in [2.05, 4.69) is 64.8 Å². The quantitative estimate of drug-likeness (QED) is 0.171. The molecule has 0 spiro atoms. The number of amides is 1. The van der Waals surface area contributed by atoms with Crippen LogP contribution in [0.5, 0.6) is 5.75 Å². The summed E-state index contributed by atoms with van der Waals surface area (Å²) < 4.78 is 24.1. The van der Waals surface area contributed by atoms with Crippen molar-refractivity contribution >= 4 is 37.6 Å². The van der Waals surface area contributed by atoms with Crippen LogP contribution in [0.15, 0.2) is 22.7 Å². The van der Waals surface area contributed by atoms with E-state index in [9.17, 15) is 4.79 Å². The molecule has 9 nitrogen and oxygen atoms in total. The van der Waals surface area contributed by atoms with Crippen molar-refractivity contribution in [3.05, 3.63) is 45.4 Å². The lowest BCUT2D eigenvalue weighted by Gasteiger charge is -2.44. The van der Waals surface area contributed by atoms with Gasteiger partial charge in [0.1, 0.15) is 22.8 Å². The fourth-order valence-corrected chi connectivity index (χ4v) is 6.21. The maximum atomic E-state index is 11.4. The molecule has 43 heavy (non-hydrogen) atoms. The first-order valence-corrected chi connectivity index (χ1v) is 17.9. The summed E-state index contributed by atoms with van der Waals surface area (Å²) in [6, 6.07) is 5.36. The predicted molar refractivity (Wildman–Crippen MR) is 173 cm³/mol. The Kier molecular flexibility index (Phi) is 10.6. The van der Waals surface area contributed by atoms with Crippen LogP contribution in [-0.2, 0) is 9.16 Å². The molecule has 2 heterocycles. The third-order valence-electron chi connectivity index (χ3n) is 7.89. The number of hydrogen-bond donors (Lipinski definition) is 1. The van der Waals surface area contributed by atoms with Gasteiger partial charge in [0.05, 0.1) is 34.7 Å². The van der Waals surface area contributed by atoms with Crippen molar-refractivity contribution in [3.8, 4) is 28.4 Å². The number of hydrogen-bond acceptors (Lipinski definition) is 8. The van der Waals surface area contributed by atoms with Crippen LogP contribution in [0.1, 0.15) is 65.0 Å². The van der Waals surface area contributed by atoms with Gasteiger partial charge in [-0.15, -0.1) is 0 Å². The van der Waals surface area contributed by atoms with Crippen LogP contribution in [0.3, 0.4) is 0 Å². The van der Waals surface area contributed by atoms with E-state index < -0.39 is 26.6 Å². The summed E-state index contributed by atoms with van der Waals surface area (Å²) in [6.45, 7) is 22.8. The van der Waals surface area contributed by atoms with Gasteiger partial charge in [0, 0.05) is 23.0 Å². The molecule has 0 aliphatic rings. The summed E-state index contributed by atoms with van der Waals surface area (Å²) in [4.78, 5) is 20.8. The van der Waals surface area contributed by atoms with Crippen molar-refractivity contribution in [2.24, 2.45) is 11.1 Å². The van der Waals surface area contributed by atoms with Crippen molar-refractivity contribution in [1.82, 2.24) is 15.1 Å². The summed E-state index contributed by atoms with van der Waals surface area (Å²) >= 11 is 13.3. The topological polar surface area (TPSA) is 123 Å². The first kappa shape index (κ1) is 34.8. The van der Waals surface area contributed by atoms with Crippen molar-refractivity contribution in [2.45, 2.75) is 99.1 Å². The Bertz CT molecular complexity index is 1440. The summed E-state index contributed by atoms with van der Waals surface area (Å²) in [5.41, 5.74) is 8.25. The van der Waals surface area contributed by atoms with E-state index in [4.69, 9.17) is 52.3 Å². The highest BCUT2D eigenvalue weighted by molar-refractivity contribution is 6.74. The van der Waals surface area contributed by atoms with Crippen LogP contribution in [0, 0.1) is 26.2 Å². The van der Waals surface area contributed by atoms with Crippen molar-refractivity contribution in [1.29, 1.82) is 0 Å². The fourth-order valence-electron chi connectivity index (χ4n) is 4.48. The van der Waals surface area contributed by atoms with Gasteiger partial charge in [-0.3, -0.25) is 0 Å². The summed E-state index contributed by atoms with van der Waals surface area (Å²) in [5, 5.41) is 4.76. The number of aryl methyl sites for hydroxylation is 2. The van der Waals surface area contributed by atoms with Gasteiger partial charge in [-0.25, -0.2) is 14.8 Å². The molecule has 0 fully saturated rings. The third kappa shape index (κ3) is 8.29. The molecule has 0 saturated heterocycles. The van der Waals surface area contributed by atoms with Gasteiger partial charge in [0.2, 0.25) is 0 Å². The zero-order valence-electron chi connectivity index (χ0n) is 27.0. The molecule has 3 aromatic rings. The van der Waals surface area contributed by atoms with E-state index in [0.717, 1.165) is 5.56 Å². The Balaban J connectivity index is 2.07. The number of primary amides is 1. The summed E-state index contributed by atoms with van der Waals surface area (Å²) in [6.07, 6.45) is -1.23. The van der Waals surface area contributed by atoms with Crippen molar-refractivity contribution in [2.75, 3.05) is 6.61 Å². The number of nitrogens with two attached hydrogens (primary N) is 1. The molecular weight excluding hydrogens is 607 g/mol. The highest BCUT2D eigenvalue weighted by atomic mass is 35.5. The highest BCUT2D eigenvalue weighted by Crippen LogP contribution is 2.41. The predicted octanol–water partition coefficient (Wildman–Crippen LogP) is 8.70. The molecule has 236 valence electrons. The van der Waals surface area contributed by atoms with E-state index in [-0.39, 0.29) is 17.1 Å². The van der Waals surface area contributed by atoms with Crippen LogP contribution < -0.4 is 10.5 Å². The Morgan fingerprint density at radius 2 is 1.72 bits per heavy atom. The number of carbonyl (C=O) groups is 1. The minimum absolute atomic E-state index is 0.0490. The lowest BCUT2D eigenvalue weighted by Crippen LogP contribution is -2.52. The van der Waals surface area contributed by atoms with Crippen LogP contribution in [0.2, 0.25) is 28.3 Å². The molecule has 0 saturated carbocycles. The second-order valence-corrected chi connectivity index (χ2v) is 19.0. The molecule has 2 N–H and O–H groups in total. The third-order valence-corrected chi connectivity index (χ3v) is 13.1. The minimum Gasteiger partial charge on any atom is -0.487 e. The lowest BCUT2D eigenvalue weighted by molar-refractivity contribution is -0.0302. The lowest BCUT2D eigenvalue weighted by atomic mass is 9.84. The van der Waals surface area contributed by atoms with E-state index in [1.165, 1.54) is 0 Å². The number of rotatable bonds is 10. The summed E-state index contributed by atoms with van der Waals surface area (Å²) in [5.74, 6) is 1.53. The van der Waals surface area contributed by atoms with Crippen LogP contribution in [0.4, 0.5) is 4.79 Å². The molecule has 1 amide bonds. The van der Waals surface area contributed by atoms with E-state index >= 15 is 0 Å². The Hall–Kier alpha value is -2.66. The highest BCUT2D eigenvalue weighted by Gasteiger charge is 2.44. The monoisotopic (exact) mass is 650 g/mol. The van der Waals surface area contributed by atoms with Gasteiger partial charge in [0.25, 0.3) is 0 Å². The average Bonchev–Trinajstić information content (AvgIpc) is 3.20. The van der Waals surface area contributed by atoms with Crippen molar-refractivity contribution in [3.63, 3.8) is 0 Å². The molecule has 0 radical (unpaired) electrons. The average molecular weight is 652 g/mol. The van der Waals surface area contributed by atoms with E-state index in [1.54, 1.807) is 12.1 Å². The Morgan fingerprint density at radius 3 is 2.26 bits per heavy atom. The first-order valence-electron chi connectivity index (χ1n) is 14.3. The van der Waals surface area contributed by atoms with Crippen LogP contribution in [0.25, 0.3) is 22.6 Å². The molecule has 2 atom stereocenters. The second-order valence-electron chi connectivity index (χ2n) is 13.4. The molecule has 12 heteroatoms. The second kappa shape index (κ2) is 13.1. The number of nitrogens with zero attached hydrogens (tertiary/aromatic N) is 3. The van der Waals surface area contributed by atoms with Gasteiger partial charge in [0.15, 0.2) is 14.1 Å². The Labute approximate surface area is 265 Å². The smallest absolute Gasteiger partial charge is 0.404 e. The molecule has 2 aromatic heterocycles. The maximum absolute atomic E-state index is 11.4. The number of ether oxygens (including phenoxy) is 2. The van der Waals surface area contributed by atoms with Gasteiger partial charge >= 0.3 is 6.09 Å². The number of benzene rings is 1. The molecule has 3 rings (SSSR count). The first-order chi connectivity index (χ1) is 19.7. The van der Waals surface area contributed by atoms with E-state index in [1.807, 2.05) is 26.8 Å². The number of aromatic nitrogens is 3. The van der Waals surface area contributed by atoms with E-state index in [0.29, 0.717) is 56.4 Å². The standard InChI is InChI=1S/C31H44Cl2N4O5Si/c1-17-25(24-18(2)37-41-19(24)3)35-28(36-27(17)33)21-16-20(12-13-22(21)32)40-26(30(4,5)6)23(14-15-39-29(34)38)42-43(10,11)31(7,8)9/h12-13,16,23,26H,14-15H2,1-11H3,(H2,34,38)/t23-,26?/m1/s1. The zero-order valence-corrected chi connectivity index (χ0v) is 29.5. The fraction of sp³-hybridized carbons (Fsp3) is 0.548. The van der Waals surface area contributed by atoms with Crippen molar-refractivity contribution < 1.29 is 23.2 Å². The minimum atomic E-state index is -2.25. The normalized spacial score (nSPS) is 14.0. The van der Waals surface area contributed by atoms with Gasteiger partial charge in [-0.1, -0.05) is 69.9 Å². The van der Waals surface area contributed by atoms with Gasteiger partial charge in [-0.2, -0.15) is 0 Å². The van der Waals surface area contributed by atoms with Crippen LogP contribution in [-0.4, -0.2) is 48.4 Å². The zero-order chi connectivity index (χ0) is 32.5. The summed E-state index contributed by atoms with van der Waals surface area (Å²) in [7, 11) is -2.25. The number of halogens is 2. The Morgan fingerprint density at radius 1 is 1.07 bits per heavy atom. The maximum Gasteiger partial charge on any atom is 0.404 e. The molecule has 0 aliphatic carbocycles. The molecule has 0 aliphatic heterocycles. The molecule has 0 bridgehead atoms. The molecular formula is C31H44Cl2N4O5Si. The van der Waals surface area contributed by atoms with Crippen LogP contribution >= 0.6 is 23.2 Å². The van der Waals surface area contributed by atoms with Gasteiger partial charge < -0.3 is 24.2 Å². The SMILES string of the molecule is Cc1noc(C)c1-c1nc(-c2cc(OC([C@@H](CCOC(N)=O)O[Si](C)(C)C(C)(C)C)C(C)(C)C)ccc2Cl)nc(Cl)c1C.